The molecule has 1 heterocycles. The SMILES string of the molecule is C#CCn1c(=O)n(CC#C)c(=O)n(CC(CC)OC(=O)c2ccccc2)c1=O. The van der Waals surface area contributed by atoms with Crippen LogP contribution in [-0.2, 0) is 24.4 Å². The van der Waals surface area contributed by atoms with Crippen LogP contribution in [0.1, 0.15) is 23.7 Å². The van der Waals surface area contributed by atoms with E-state index in [9.17, 15) is 19.2 Å². The lowest BCUT2D eigenvalue weighted by atomic mass is 10.2. The fourth-order valence-electron chi connectivity index (χ4n) is 2.54. The Morgan fingerprint density at radius 2 is 1.46 bits per heavy atom. The van der Waals surface area contributed by atoms with Gasteiger partial charge in [0.05, 0.1) is 25.2 Å². The second-order valence-corrected chi connectivity index (χ2v) is 5.84. The van der Waals surface area contributed by atoms with Crippen LogP contribution in [0.5, 0.6) is 0 Å². The third-order valence-electron chi connectivity index (χ3n) is 4.01. The van der Waals surface area contributed by atoms with Crippen LogP contribution in [0.4, 0.5) is 0 Å². The van der Waals surface area contributed by atoms with Crippen LogP contribution in [0, 0.1) is 24.7 Å². The summed E-state index contributed by atoms with van der Waals surface area (Å²) in [5.41, 5.74) is -2.29. The van der Waals surface area contributed by atoms with Gasteiger partial charge in [0.15, 0.2) is 0 Å². The average molecular weight is 381 g/mol. The van der Waals surface area contributed by atoms with E-state index >= 15 is 0 Å². The second-order valence-electron chi connectivity index (χ2n) is 5.84. The number of ether oxygens (including phenoxy) is 1. The summed E-state index contributed by atoms with van der Waals surface area (Å²) in [5.74, 6) is 3.82. The highest BCUT2D eigenvalue weighted by molar-refractivity contribution is 5.89. The molecule has 2 aromatic rings. The summed E-state index contributed by atoms with van der Waals surface area (Å²) in [7, 11) is 0. The molecule has 8 nitrogen and oxygen atoms in total. The van der Waals surface area contributed by atoms with E-state index in [0.717, 1.165) is 13.7 Å². The van der Waals surface area contributed by atoms with Gasteiger partial charge in [-0.05, 0) is 18.6 Å². The van der Waals surface area contributed by atoms with Gasteiger partial charge in [-0.25, -0.2) is 32.9 Å². The first-order valence-electron chi connectivity index (χ1n) is 8.52. The molecule has 2 rings (SSSR count). The minimum Gasteiger partial charge on any atom is -0.457 e. The minimum absolute atomic E-state index is 0.234. The highest BCUT2D eigenvalue weighted by atomic mass is 16.5. The quantitative estimate of drug-likeness (QED) is 0.500. The second kappa shape index (κ2) is 9.24. The third kappa shape index (κ3) is 4.30. The van der Waals surface area contributed by atoms with Crippen molar-refractivity contribution in [2.45, 2.75) is 39.1 Å². The van der Waals surface area contributed by atoms with E-state index in [-0.39, 0.29) is 19.6 Å². The molecule has 1 aromatic carbocycles. The third-order valence-corrected chi connectivity index (χ3v) is 4.01. The maximum Gasteiger partial charge on any atom is 0.338 e. The Bertz CT molecular complexity index is 1060. The van der Waals surface area contributed by atoms with Gasteiger partial charge in [-0.3, -0.25) is 0 Å². The van der Waals surface area contributed by atoms with Crippen molar-refractivity contribution in [3.05, 3.63) is 67.3 Å². The lowest BCUT2D eigenvalue weighted by Crippen LogP contribution is -2.55. The molecule has 28 heavy (non-hydrogen) atoms. The number of terminal acetylenes is 2. The highest BCUT2D eigenvalue weighted by Crippen LogP contribution is 2.07. The molecule has 0 aliphatic rings. The van der Waals surface area contributed by atoms with Crippen LogP contribution < -0.4 is 17.1 Å². The number of rotatable bonds is 7. The van der Waals surface area contributed by atoms with Gasteiger partial charge < -0.3 is 4.74 Å². The van der Waals surface area contributed by atoms with E-state index in [4.69, 9.17) is 17.6 Å². The van der Waals surface area contributed by atoms with E-state index in [1.807, 2.05) is 0 Å². The average Bonchev–Trinajstić information content (AvgIpc) is 2.71. The molecular formula is C20H19N3O5. The van der Waals surface area contributed by atoms with Gasteiger partial charge in [0.25, 0.3) is 0 Å². The Morgan fingerprint density at radius 1 is 0.964 bits per heavy atom. The molecule has 8 heteroatoms. The van der Waals surface area contributed by atoms with Crippen molar-refractivity contribution in [3.63, 3.8) is 0 Å². The minimum atomic E-state index is -0.879. The number of esters is 1. The van der Waals surface area contributed by atoms with Gasteiger partial charge in [0.1, 0.15) is 6.10 Å². The normalized spacial score (nSPS) is 11.2. The first kappa shape index (κ1) is 20.5. The van der Waals surface area contributed by atoms with Gasteiger partial charge >= 0.3 is 23.0 Å². The highest BCUT2D eigenvalue weighted by Gasteiger charge is 2.20. The molecule has 0 aliphatic heterocycles. The molecule has 0 spiro atoms. The summed E-state index contributed by atoms with van der Waals surface area (Å²) in [6, 6.07) is 8.32. The Labute approximate surface area is 161 Å². The Morgan fingerprint density at radius 3 is 1.93 bits per heavy atom. The first-order chi connectivity index (χ1) is 13.4. The zero-order chi connectivity index (χ0) is 20.7. The lowest BCUT2D eigenvalue weighted by molar-refractivity contribution is 0.0242. The first-order valence-corrected chi connectivity index (χ1v) is 8.52. The smallest absolute Gasteiger partial charge is 0.338 e. The van der Waals surface area contributed by atoms with Crippen molar-refractivity contribution >= 4 is 5.97 Å². The summed E-state index contributed by atoms with van der Waals surface area (Å²) < 4.78 is 7.70. The van der Waals surface area contributed by atoms with E-state index in [0.29, 0.717) is 12.0 Å². The van der Waals surface area contributed by atoms with E-state index < -0.39 is 29.1 Å². The Hall–Kier alpha value is -3.78. The molecule has 0 amide bonds. The summed E-state index contributed by atoms with van der Waals surface area (Å²) in [6.45, 7) is 0.875. The standard InChI is InChI=1S/C20H19N3O5/c1-4-12-21-18(25)22(13-5-2)20(27)23(19(21)26)14-16(6-3)28-17(24)15-10-8-7-9-11-15/h1-2,7-11,16H,6,12-14H2,3H3. The van der Waals surface area contributed by atoms with Crippen LogP contribution in [0.15, 0.2) is 44.7 Å². The molecule has 0 bridgehead atoms. The molecule has 1 atom stereocenters. The Balaban J connectivity index is 2.43. The molecule has 0 fully saturated rings. The molecular weight excluding hydrogens is 362 g/mol. The number of hydrogen-bond acceptors (Lipinski definition) is 5. The van der Waals surface area contributed by atoms with E-state index in [1.165, 1.54) is 0 Å². The molecule has 1 aromatic heterocycles. The van der Waals surface area contributed by atoms with Gasteiger partial charge in [-0.15, -0.1) is 12.8 Å². The fraction of sp³-hybridized carbons (Fsp3) is 0.300. The molecule has 0 saturated heterocycles. The van der Waals surface area contributed by atoms with Crippen molar-refractivity contribution < 1.29 is 9.53 Å². The van der Waals surface area contributed by atoms with Crippen molar-refractivity contribution in [2.24, 2.45) is 0 Å². The maximum absolute atomic E-state index is 12.6. The fourth-order valence-corrected chi connectivity index (χ4v) is 2.54. The Kier molecular flexibility index (Phi) is 6.78. The van der Waals surface area contributed by atoms with Gasteiger partial charge in [-0.2, -0.15) is 0 Å². The van der Waals surface area contributed by atoms with E-state index in [1.54, 1.807) is 37.3 Å². The number of nitrogens with zero attached hydrogens (tertiary/aromatic N) is 3. The predicted molar refractivity (Wildman–Crippen MR) is 103 cm³/mol. The van der Waals surface area contributed by atoms with Crippen LogP contribution >= 0.6 is 0 Å². The van der Waals surface area contributed by atoms with Gasteiger partial charge in [-0.1, -0.05) is 37.0 Å². The van der Waals surface area contributed by atoms with Crippen molar-refractivity contribution in [2.75, 3.05) is 0 Å². The largest absolute Gasteiger partial charge is 0.457 e. The monoisotopic (exact) mass is 381 g/mol. The summed E-state index contributed by atoms with van der Waals surface area (Å²) in [5, 5.41) is 0. The number of aromatic nitrogens is 3. The zero-order valence-corrected chi connectivity index (χ0v) is 15.3. The summed E-state index contributed by atoms with van der Waals surface area (Å²) in [6.07, 6.45) is 10.00. The van der Waals surface area contributed by atoms with Crippen LogP contribution in [0.2, 0.25) is 0 Å². The van der Waals surface area contributed by atoms with Gasteiger partial charge in [0, 0.05) is 0 Å². The molecule has 1 unspecified atom stereocenters. The summed E-state index contributed by atoms with van der Waals surface area (Å²) >= 11 is 0. The molecule has 0 N–H and O–H groups in total. The van der Waals surface area contributed by atoms with Crippen molar-refractivity contribution in [3.8, 4) is 24.7 Å². The topological polar surface area (TPSA) is 92.3 Å². The molecule has 0 saturated carbocycles. The number of carbonyl (C=O) groups excluding carboxylic acids is 1. The molecule has 0 radical (unpaired) electrons. The molecule has 0 aliphatic carbocycles. The van der Waals surface area contributed by atoms with Crippen molar-refractivity contribution in [1.29, 1.82) is 0 Å². The number of benzene rings is 1. The molecule has 144 valence electrons. The predicted octanol–water partition coefficient (Wildman–Crippen LogP) is 0.0737. The van der Waals surface area contributed by atoms with Gasteiger partial charge in [0.2, 0.25) is 0 Å². The number of hydrogen-bond donors (Lipinski definition) is 0. The van der Waals surface area contributed by atoms with Crippen molar-refractivity contribution in [1.82, 2.24) is 13.7 Å². The van der Waals surface area contributed by atoms with Crippen LogP contribution in [0.25, 0.3) is 0 Å². The summed E-state index contributed by atoms with van der Waals surface area (Å²) in [4.78, 5) is 49.7. The lowest BCUT2D eigenvalue weighted by Gasteiger charge is -2.18. The maximum atomic E-state index is 12.6. The van der Waals surface area contributed by atoms with Crippen LogP contribution in [-0.4, -0.2) is 25.8 Å². The van der Waals surface area contributed by atoms with E-state index in [2.05, 4.69) is 11.8 Å². The van der Waals surface area contributed by atoms with Crippen LogP contribution in [0.3, 0.4) is 0 Å². The zero-order valence-electron chi connectivity index (χ0n) is 15.3. The number of carbonyl (C=O) groups is 1.